The second kappa shape index (κ2) is 8.04. The predicted molar refractivity (Wildman–Crippen MR) is 94.2 cm³/mol. The third kappa shape index (κ3) is 4.62. The molecule has 0 spiro atoms. The molecule has 23 heavy (non-hydrogen) atoms. The van der Waals surface area contributed by atoms with E-state index >= 15 is 0 Å². The Hall–Kier alpha value is -1.24. The van der Waals surface area contributed by atoms with E-state index in [0.717, 1.165) is 39.4 Å². The number of hydrogen-bond acceptors (Lipinski definition) is 5. The minimum atomic E-state index is 0.104. The number of amides is 1. The quantitative estimate of drug-likeness (QED) is 0.882. The Morgan fingerprint density at radius 2 is 2.13 bits per heavy atom. The van der Waals surface area contributed by atoms with Crippen molar-refractivity contribution in [3.63, 3.8) is 0 Å². The average Bonchev–Trinajstić information content (AvgIpc) is 2.55. The van der Waals surface area contributed by atoms with Crippen LogP contribution in [-0.2, 0) is 9.53 Å². The van der Waals surface area contributed by atoms with E-state index in [1.807, 2.05) is 17.8 Å². The lowest BCUT2D eigenvalue weighted by molar-refractivity contribution is -0.119. The molecule has 1 atom stereocenters. The zero-order chi connectivity index (χ0) is 16.1. The fraction of sp³-hybridized carbons (Fsp3) is 0.588. The highest BCUT2D eigenvalue weighted by atomic mass is 32.2. The van der Waals surface area contributed by atoms with Crippen LogP contribution in [0.4, 0.5) is 5.69 Å². The molecule has 1 aromatic carbocycles. The highest BCUT2D eigenvalue weighted by Gasteiger charge is 2.23. The fourth-order valence-electron chi connectivity index (χ4n) is 3.04. The van der Waals surface area contributed by atoms with Gasteiger partial charge in [-0.25, -0.2) is 0 Å². The topological polar surface area (TPSA) is 44.8 Å². The first-order chi connectivity index (χ1) is 11.2. The highest BCUT2D eigenvalue weighted by molar-refractivity contribution is 8.00. The molecule has 1 amide bonds. The number of para-hydroxylation sites is 1. The Bertz CT molecular complexity index is 534. The van der Waals surface area contributed by atoms with Gasteiger partial charge in [-0.05, 0) is 12.1 Å². The summed E-state index contributed by atoms with van der Waals surface area (Å²) in [7, 11) is 0. The number of carbonyl (C=O) groups excluding carboxylic acids is 1. The first-order valence-corrected chi connectivity index (χ1v) is 9.18. The summed E-state index contributed by atoms with van der Waals surface area (Å²) in [5, 5.41) is 3.56. The first kappa shape index (κ1) is 16.6. The largest absolute Gasteiger partial charge is 0.379 e. The van der Waals surface area contributed by atoms with E-state index in [9.17, 15) is 4.79 Å². The van der Waals surface area contributed by atoms with Crippen LogP contribution in [0.1, 0.15) is 6.92 Å². The molecule has 0 aliphatic carbocycles. The smallest absolute Gasteiger partial charge is 0.239 e. The van der Waals surface area contributed by atoms with Gasteiger partial charge in [0, 0.05) is 42.9 Å². The number of rotatable bonds is 5. The summed E-state index contributed by atoms with van der Waals surface area (Å²) >= 11 is 1.89. The minimum Gasteiger partial charge on any atom is -0.379 e. The Morgan fingerprint density at radius 3 is 2.96 bits per heavy atom. The molecule has 5 nitrogen and oxygen atoms in total. The van der Waals surface area contributed by atoms with Crippen LogP contribution in [0.5, 0.6) is 0 Å². The normalized spacial score (nSPS) is 21.8. The summed E-state index contributed by atoms with van der Waals surface area (Å²) < 4.78 is 5.33. The summed E-state index contributed by atoms with van der Waals surface area (Å²) in [4.78, 5) is 18.1. The zero-order valence-corrected chi connectivity index (χ0v) is 14.5. The fourth-order valence-corrected chi connectivity index (χ4v) is 4.20. The number of anilines is 1. The van der Waals surface area contributed by atoms with Gasteiger partial charge in [-0.3, -0.25) is 9.69 Å². The molecule has 6 heteroatoms. The maximum Gasteiger partial charge on any atom is 0.239 e. The number of morpholine rings is 1. The van der Waals surface area contributed by atoms with Crippen LogP contribution in [-0.4, -0.2) is 68.5 Å². The van der Waals surface area contributed by atoms with Crippen LogP contribution in [0.3, 0.4) is 0 Å². The molecular weight excluding hydrogens is 310 g/mol. The molecule has 2 aliphatic heterocycles. The number of nitrogens with zero attached hydrogens (tertiary/aromatic N) is 2. The van der Waals surface area contributed by atoms with Crippen molar-refractivity contribution in [2.45, 2.75) is 17.1 Å². The Kier molecular flexibility index (Phi) is 5.80. The summed E-state index contributed by atoms with van der Waals surface area (Å²) in [6.45, 7) is 8.69. The van der Waals surface area contributed by atoms with Gasteiger partial charge in [0.2, 0.25) is 5.91 Å². The predicted octanol–water partition coefficient (Wildman–Crippen LogP) is 1.44. The van der Waals surface area contributed by atoms with Crippen LogP contribution >= 0.6 is 11.8 Å². The van der Waals surface area contributed by atoms with Crippen LogP contribution in [0.2, 0.25) is 0 Å². The molecule has 126 valence electrons. The second-order valence-corrected chi connectivity index (χ2v) is 7.56. The Morgan fingerprint density at radius 1 is 1.35 bits per heavy atom. The highest BCUT2D eigenvalue weighted by Crippen LogP contribution is 2.37. The molecule has 0 radical (unpaired) electrons. The Labute approximate surface area is 142 Å². The number of ether oxygens (including phenoxy) is 1. The van der Waals surface area contributed by atoms with Crippen molar-refractivity contribution >= 4 is 23.4 Å². The number of nitrogens with one attached hydrogen (secondary N) is 1. The summed E-state index contributed by atoms with van der Waals surface area (Å²) in [6.07, 6.45) is 0. The summed E-state index contributed by atoms with van der Waals surface area (Å²) in [5.74, 6) is 0.104. The number of thioether (sulfide) groups is 1. The summed E-state index contributed by atoms with van der Waals surface area (Å²) in [6, 6.07) is 8.34. The van der Waals surface area contributed by atoms with Crippen LogP contribution in [0.25, 0.3) is 0 Å². The van der Waals surface area contributed by atoms with E-state index in [-0.39, 0.29) is 5.91 Å². The lowest BCUT2D eigenvalue weighted by Gasteiger charge is -2.33. The first-order valence-electron chi connectivity index (χ1n) is 8.30. The molecular formula is C17H25N3O2S. The maximum atomic E-state index is 12.3. The van der Waals surface area contributed by atoms with Crippen LogP contribution < -0.4 is 10.2 Å². The molecule has 3 rings (SSSR count). The van der Waals surface area contributed by atoms with Gasteiger partial charge < -0.3 is 15.0 Å². The van der Waals surface area contributed by atoms with Crippen LogP contribution in [0, 0.1) is 0 Å². The molecule has 0 bridgehead atoms. The summed E-state index contributed by atoms with van der Waals surface area (Å²) in [5.41, 5.74) is 1.18. The van der Waals surface area contributed by atoms with Gasteiger partial charge in [0.25, 0.3) is 0 Å². The number of carbonyl (C=O) groups is 1. The lowest BCUT2D eigenvalue weighted by Crippen LogP contribution is -2.45. The molecule has 2 aliphatic rings. The standard InChI is InChI=1S/C17H25N3O2S/c1-14-12-20(15-4-2-3-5-16(15)23-14)13-17(21)18-6-7-19-8-10-22-11-9-19/h2-5,14H,6-13H2,1H3,(H,18,21)/t14-/m0/s1. The van der Waals surface area contributed by atoms with Gasteiger partial charge in [-0.15, -0.1) is 11.8 Å². The van der Waals surface area contributed by atoms with Gasteiger partial charge in [0.05, 0.1) is 25.4 Å². The van der Waals surface area contributed by atoms with E-state index in [1.54, 1.807) is 0 Å². The molecule has 1 N–H and O–H groups in total. The third-order valence-corrected chi connectivity index (χ3v) is 5.35. The van der Waals surface area contributed by atoms with Crippen molar-refractivity contribution in [3.8, 4) is 0 Å². The van der Waals surface area contributed by atoms with E-state index in [2.05, 4.69) is 40.2 Å². The van der Waals surface area contributed by atoms with E-state index in [0.29, 0.717) is 18.3 Å². The molecule has 1 aromatic rings. The molecule has 0 saturated carbocycles. The van der Waals surface area contributed by atoms with Crippen molar-refractivity contribution in [2.24, 2.45) is 0 Å². The number of benzene rings is 1. The number of hydrogen-bond donors (Lipinski definition) is 1. The van der Waals surface area contributed by atoms with Crippen molar-refractivity contribution in [2.75, 3.05) is 57.4 Å². The molecule has 1 fully saturated rings. The van der Waals surface area contributed by atoms with Crippen molar-refractivity contribution in [3.05, 3.63) is 24.3 Å². The van der Waals surface area contributed by atoms with Crippen molar-refractivity contribution < 1.29 is 9.53 Å². The van der Waals surface area contributed by atoms with Gasteiger partial charge in [-0.1, -0.05) is 19.1 Å². The van der Waals surface area contributed by atoms with E-state index < -0.39 is 0 Å². The van der Waals surface area contributed by atoms with Gasteiger partial charge in [0.1, 0.15) is 0 Å². The maximum absolute atomic E-state index is 12.3. The molecule has 0 unspecified atom stereocenters. The minimum absolute atomic E-state index is 0.104. The molecule has 1 saturated heterocycles. The van der Waals surface area contributed by atoms with Gasteiger partial charge >= 0.3 is 0 Å². The SMILES string of the molecule is C[C@H]1CN(CC(=O)NCCN2CCOCC2)c2ccccc2S1. The van der Waals surface area contributed by atoms with Crippen molar-refractivity contribution in [1.29, 1.82) is 0 Å². The zero-order valence-electron chi connectivity index (χ0n) is 13.7. The third-order valence-electron chi connectivity index (χ3n) is 4.20. The van der Waals surface area contributed by atoms with Gasteiger partial charge in [-0.2, -0.15) is 0 Å². The number of fused-ring (bicyclic) bond motifs is 1. The Balaban J connectivity index is 1.48. The van der Waals surface area contributed by atoms with E-state index in [1.165, 1.54) is 10.6 Å². The molecule has 2 heterocycles. The van der Waals surface area contributed by atoms with Crippen molar-refractivity contribution in [1.82, 2.24) is 10.2 Å². The monoisotopic (exact) mass is 335 g/mol. The average molecular weight is 335 g/mol. The lowest BCUT2D eigenvalue weighted by atomic mass is 10.2. The van der Waals surface area contributed by atoms with Gasteiger partial charge in [0.15, 0.2) is 0 Å². The second-order valence-electron chi connectivity index (χ2n) is 6.08. The van der Waals surface area contributed by atoms with E-state index in [4.69, 9.17) is 4.74 Å². The molecule has 0 aromatic heterocycles. The van der Waals surface area contributed by atoms with Crippen LogP contribution in [0.15, 0.2) is 29.2 Å².